The van der Waals surface area contributed by atoms with Gasteiger partial charge in [0.2, 0.25) is 5.95 Å². The summed E-state index contributed by atoms with van der Waals surface area (Å²) in [5.74, 6) is 0.921. The van der Waals surface area contributed by atoms with Gasteiger partial charge in [-0.1, -0.05) is 29.5 Å². The Bertz CT molecular complexity index is 1250. The first-order chi connectivity index (χ1) is 17.4. The van der Waals surface area contributed by atoms with Crippen molar-refractivity contribution >= 4 is 17.5 Å². The Hall–Kier alpha value is -3.13. The summed E-state index contributed by atoms with van der Waals surface area (Å²) in [5.41, 5.74) is 3.42. The van der Waals surface area contributed by atoms with Gasteiger partial charge in [-0.25, -0.2) is 24.5 Å². The molecule has 3 aromatic rings. The summed E-state index contributed by atoms with van der Waals surface area (Å²) < 4.78 is 29.9. The van der Waals surface area contributed by atoms with Crippen LogP contribution in [0.2, 0.25) is 0 Å². The molecule has 1 aliphatic carbocycles. The summed E-state index contributed by atoms with van der Waals surface area (Å²) in [6, 6.07) is 9.24. The molecule has 0 bridgehead atoms. The zero-order valence-corrected chi connectivity index (χ0v) is 20.8. The maximum atomic E-state index is 15.0. The summed E-state index contributed by atoms with van der Waals surface area (Å²) in [6.45, 7) is 4.15. The molecule has 1 saturated carbocycles. The van der Waals surface area contributed by atoms with Crippen molar-refractivity contribution in [3.63, 3.8) is 0 Å². The van der Waals surface area contributed by atoms with Gasteiger partial charge in [-0.05, 0) is 88.0 Å². The number of fused-ring (bicyclic) bond motifs is 2. The van der Waals surface area contributed by atoms with Crippen LogP contribution in [0.4, 0.5) is 26.3 Å². The number of benzene rings is 1. The van der Waals surface area contributed by atoms with E-state index in [9.17, 15) is 4.39 Å². The first kappa shape index (κ1) is 23.3. The van der Waals surface area contributed by atoms with E-state index in [-0.39, 0.29) is 23.1 Å². The molecule has 6 rings (SSSR count). The molecule has 0 radical (unpaired) electrons. The van der Waals surface area contributed by atoms with Crippen LogP contribution in [-0.2, 0) is 5.41 Å². The highest BCUT2D eigenvalue weighted by Gasteiger charge is 2.50. The summed E-state index contributed by atoms with van der Waals surface area (Å²) in [6.07, 6.45) is 9.43. The Morgan fingerprint density at radius 2 is 1.81 bits per heavy atom. The lowest BCUT2D eigenvalue weighted by Gasteiger charge is -2.30. The molecule has 1 atom stereocenters. The highest BCUT2D eigenvalue weighted by Crippen LogP contribution is 2.55. The van der Waals surface area contributed by atoms with Gasteiger partial charge in [0, 0.05) is 17.2 Å². The fourth-order valence-corrected chi connectivity index (χ4v) is 6.42. The molecule has 188 valence electrons. The fraction of sp³-hybridized carbons (Fsp3) is 0.464. The van der Waals surface area contributed by atoms with Crippen LogP contribution in [0, 0.1) is 5.82 Å². The van der Waals surface area contributed by atoms with Gasteiger partial charge in [0.1, 0.15) is 11.5 Å². The number of rotatable bonds is 4. The van der Waals surface area contributed by atoms with E-state index in [1.807, 2.05) is 25.3 Å². The molecule has 1 spiro atoms. The zero-order valence-electron chi connectivity index (χ0n) is 20.8. The predicted octanol–water partition coefficient (Wildman–Crippen LogP) is 6.14. The SMILES string of the molecule is CC1N(F)c2ccc(-c3nc(Nc4ccc(C5CCN(C)CC5)cn4)ncc3F)cc2C12CCCC2. The number of halogens is 2. The van der Waals surface area contributed by atoms with Gasteiger partial charge in [-0.3, -0.25) is 0 Å². The van der Waals surface area contributed by atoms with Crippen LogP contribution in [-0.4, -0.2) is 46.0 Å². The van der Waals surface area contributed by atoms with Crippen molar-refractivity contribution in [2.75, 3.05) is 30.6 Å². The number of anilines is 3. The van der Waals surface area contributed by atoms with Crippen LogP contribution >= 0.6 is 0 Å². The number of piperidine rings is 1. The number of nitrogens with one attached hydrogen (secondary N) is 1. The van der Waals surface area contributed by atoms with Crippen LogP contribution in [0.15, 0.2) is 42.7 Å². The molecular formula is C28H32F2N6. The highest BCUT2D eigenvalue weighted by atomic mass is 19.2. The monoisotopic (exact) mass is 490 g/mol. The largest absolute Gasteiger partial charge is 0.309 e. The van der Waals surface area contributed by atoms with Gasteiger partial charge in [-0.15, -0.1) is 0 Å². The Kier molecular flexibility index (Phi) is 5.86. The Morgan fingerprint density at radius 3 is 2.53 bits per heavy atom. The van der Waals surface area contributed by atoms with Gasteiger partial charge < -0.3 is 10.2 Å². The molecule has 36 heavy (non-hydrogen) atoms. The average Bonchev–Trinajstić information content (AvgIpc) is 3.47. The van der Waals surface area contributed by atoms with E-state index in [2.05, 4.69) is 38.3 Å². The third-order valence-electron chi connectivity index (χ3n) is 8.63. The maximum absolute atomic E-state index is 15.0. The van der Waals surface area contributed by atoms with Crippen molar-refractivity contribution < 1.29 is 8.87 Å². The average molecular weight is 491 g/mol. The van der Waals surface area contributed by atoms with E-state index in [1.165, 1.54) is 11.8 Å². The van der Waals surface area contributed by atoms with Crippen molar-refractivity contribution in [2.24, 2.45) is 0 Å². The zero-order chi connectivity index (χ0) is 24.9. The molecule has 4 heterocycles. The number of pyridine rings is 1. The van der Waals surface area contributed by atoms with E-state index < -0.39 is 5.82 Å². The van der Waals surface area contributed by atoms with Crippen molar-refractivity contribution in [3.8, 4) is 11.3 Å². The van der Waals surface area contributed by atoms with Crippen LogP contribution in [0.25, 0.3) is 11.3 Å². The van der Waals surface area contributed by atoms with Gasteiger partial charge >= 0.3 is 0 Å². The smallest absolute Gasteiger partial charge is 0.229 e. The Balaban J connectivity index is 1.25. The fourth-order valence-electron chi connectivity index (χ4n) is 6.42. The van der Waals surface area contributed by atoms with Crippen molar-refractivity contribution in [1.29, 1.82) is 0 Å². The summed E-state index contributed by atoms with van der Waals surface area (Å²) >= 11 is 0. The summed E-state index contributed by atoms with van der Waals surface area (Å²) in [7, 11) is 2.16. The van der Waals surface area contributed by atoms with Gasteiger partial charge in [0.15, 0.2) is 5.82 Å². The first-order valence-electron chi connectivity index (χ1n) is 13.0. The number of likely N-dealkylation sites (tertiary alicyclic amines) is 1. The molecule has 1 N–H and O–H groups in total. The topological polar surface area (TPSA) is 57.2 Å². The Morgan fingerprint density at radius 1 is 1.03 bits per heavy atom. The molecule has 1 unspecified atom stereocenters. The van der Waals surface area contributed by atoms with Gasteiger partial charge in [0.05, 0.1) is 17.9 Å². The minimum atomic E-state index is -0.505. The Labute approximate surface area is 210 Å². The number of hydrogen-bond donors (Lipinski definition) is 1. The molecule has 2 fully saturated rings. The van der Waals surface area contributed by atoms with E-state index in [1.54, 1.807) is 12.1 Å². The van der Waals surface area contributed by atoms with Crippen LogP contribution < -0.4 is 10.4 Å². The van der Waals surface area contributed by atoms with Crippen molar-refractivity contribution in [3.05, 3.63) is 59.7 Å². The molecule has 1 saturated heterocycles. The van der Waals surface area contributed by atoms with E-state index in [4.69, 9.17) is 0 Å². The molecule has 0 amide bonds. The van der Waals surface area contributed by atoms with Crippen LogP contribution in [0.1, 0.15) is 62.5 Å². The molecule has 3 aliphatic rings. The first-order valence-corrected chi connectivity index (χ1v) is 13.0. The standard InChI is InChI=1S/C28H32F2N6/c1-18-28(11-3-4-12-28)22-15-20(5-7-24(22)36(18)30)26-23(29)17-32-27(34-26)33-25-8-6-21(16-31-25)19-9-13-35(2)14-10-19/h5-8,15-19H,3-4,9-14H2,1-2H3,(H,31,32,33,34). The van der Waals surface area contributed by atoms with Gasteiger partial charge in [-0.2, -0.15) is 0 Å². The second-order valence-electron chi connectivity index (χ2n) is 10.7. The molecule has 2 aliphatic heterocycles. The van der Waals surface area contributed by atoms with Crippen molar-refractivity contribution in [1.82, 2.24) is 19.9 Å². The van der Waals surface area contributed by atoms with E-state index >= 15 is 4.48 Å². The predicted molar refractivity (Wildman–Crippen MR) is 138 cm³/mol. The molecular weight excluding hydrogens is 458 g/mol. The maximum Gasteiger partial charge on any atom is 0.229 e. The third-order valence-corrected chi connectivity index (χ3v) is 8.63. The number of hydrogen-bond acceptors (Lipinski definition) is 6. The van der Waals surface area contributed by atoms with E-state index in [0.717, 1.165) is 62.3 Å². The number of nitrogens with zero attached hydrogens (tertiary/aromatic N) is 5. The molecule has 6 nitrogen and oxygen atoms in total. The van der Waals surface area contributed by atoms with Crippen molar-refractivity contribution in [2.45, 2.75) is 62.8 Å². The second-order valence-corrected chi connectivity index (χ2v) is 10.7. The summed E-state index contributed by atoms with van der Waals surface area (Å²) in [4.78, 5) is 15.5. The summed E-state index contributed by atoms with van der Waals surface area (Å²) in [5, 5.41) is 4.00. The lowest BCUT2D eigenvalue weighted by atomic mass is 9.75. The number of aromatic nitrogens is 3. The van der Waals surface area contributed by atoms with Gasteiger partial charge in [0.25, 0.3) is 0 Å². The lowest BCUT2D eigenvalue weighted by Crippen LogP contribution is -2.37. The second kappa shape index (κ2) is 9.07. The van der Waals surface area contributed by atoms with E-state index in [0.29, 0.717) is 23.0 Å². The third kappa shape index (κ3) is 3.92. The minimum absolute atomic E-state index is 0.205. The lowest BCUT2D eigenvalue weighted by molar-refractivity contribution is 0.255. The molecule has 2 aromatic heterocycles. The van der Waals surface area contributed by atoms with Crippen LogP contribution in [0.3, 0.4) is 0 Å². The quantitative estimate of drug-likeness (QED) is 0.444. The molecule has 8 heteroatoms. The van der Waals surface area contributed by atoms with Crippen LogP contribution in [0.5, 0.6) is 0 Å². The minimum Gasteiger partial charge on any atom is -0.309 e. The normalized spacial score (nSPS) is 21.8. The molecule has 1 aromatic carbocycles. The highest BCUT2D eigenvalue weighted by molar-refractivity contribution is 5.72.